The van der Waals surface area contributed by atoms with E-state index in [4.69, 9.17) is 5.73 Å². The average molecular weight is 239 g/mol. The van der Waals surface area contributed by atoms with Gasteiger partial charge in [0.05, 0.1) is 5.92 Å². The molecule has 5 heteroatoms. The van der Waals surface area contributed by atoms with Crippen LogP contribution in [0.1, 0.15) is 38.5 Å². The molecule has 17 heavy (non-hydrogen) atoms. The van der Waals surface area contributed by atoms with Crippen molar-refractivity contribution in [2.75, 3.05) is 6.54 Å². The van der Waals surface area contributed by atoms with E-state index in [9.17, 15) is 9.59 Å². The number of carbonyl (C=O) groups is 2. The first-order valence-corrected chi connectivity index (χ1v) is 6.49. The zero-order valence-corrected chi connectivity index (χ0v) is 10.1. The topological polar surface area (TPSA) is 84.2 Å². The van der Waals surface area contributed by atoms with Gasteiger partial charge in [0.2, 0.25) is 11.8 Å². The molecule has 0 spiro atoms. The molecule has 2 fully saturated rings. The molecular formula is C12H21N3O2. The number of piperidine rings is 1. The van der Waals surface area contributed by atoms with Crippen molar-refractivity contribution in [2.24, 2.45) is 11.7 Å². The molecule has 2 aliphatic rings. The van der Waals surface area contributed by atoms with Gasteiger partial charge >= 0.3 is 0 Å². The Morgan fingerprint density at radius 2 is 2.06 bits per heavy atom. The van der Waals surface area contributed by atoms with E-state index in [1.54, 1.807) is 0 Å². The highest BCUT2D eigenvalue weighted by molar-refractivity contribution is 5.81. The number of nitrogens with one attached hydrogen (secondary N) is 2. The van der Waals surface area contributed by atoms with E-state index in [2.05, 4.69) is 10.6 Å². The van der Waals surface area contributed by atoms with Gasteiger partial charge < -0.3 is 16.4 Å². The van der Waals surface area contributed by atoms with Crippen LogP contribution < -0.4 is 16.4 Å². The minimum absolute atomic E-state index is 0.00179. The van der Waals surface area contributed by atoms with Crippen molar-refractivity contribution >= 4 is 11.8 Å². The zero-order chi connectivity index (χ0) is 12.3. The summed E-state index contributed by atoms with van der Waals surface area (Å²) in [6.07, 6.45) is 5.30. The summed E-state index contributed by atoms with van der Waals surface area (Å²) in [6.45, 7) is 0.548. The maximum absolute atomic E-state index is 12.1. The van der Waals surface area contributed by atoms with Gasteiger partial charge in [0, 0.05) is 25.0 Å². The fourth-order valence-corrected chi connectivity index (χ4v) is 2.65. The predicted octanol–water partition coefficient (Wildman–Crippen LogP) is -0.101. The predicted molar refractivity (Wildman–Crippen MR) is 64.1 cm³/mol. The Kier molecular flexibility index (Phi) is 3.99. The molecule has 0 bridgehead atoms. The summed E-state index contributed by atoms with van der Waals surface area (Å²) < 4.78 is 0. The van der Waals surface area contributed by atoms with Crippen LogP contribution in [-0.4, -0.2) is 30.4 Å². The fourth-order valence-electron chi connectivity index (χ4n) is 2.65. The summed E-state index contributed by atoms with van der Waals surface area (Å²) in [5.74, 6) is 0.101. The van der Waals surface area contributed by atoms with Gasteiger partial charge in [0.15, 0.2) is 0 Å². The van der Waals surface area contributed by atoms with Gasteiger partial charge in [-0.1, -0.05) is 12.8 Å². The Balaban J connectivity index is 1.81. The molecule has 5 nitrogen and oxygen atoms in total. The largest absolute Gasteiger partial charge is 0.354 e. The molecule has 2 rings (SSSR count). The summed E-state index contributed by atoms with van der Waals surface area (Å²) in [6, 6.07) is 0.0799. The van der Waals surface area contributed by atoms with Crippen molar-refractivity contribution in [3.8, 4) is 0 Å². The molecule has 0 aromatic heterocycles. The third-order valence-corrected chi connectivity index (χ3v) is 3.77. The van der Waals surface area contributed by atoms with Gasteiger partial charge in [-0.05, 0) is 19.3 Å². The number of hydrogen-bond donors (Lipinski definition) is 3. The first-order valence-electron chi connectivity index (χ1n) is 6.49. The summed E-state index contributed by atoms with van der Waals surface area (Å²) in [4.78, 5) is 23.1. The van der Waals surface area contributed by atoms with Crippen molar-refractivity contribution in [2.45, 2.75) is 50.6 Å². The summed E-state index contributed by atoms with van der Waals surface area (Å²) in [7, 11) is 0. The van der Waals surface area contributed by atoms with Gasteiger partial charge in [0.25, 0.3) is 0 Å². The molecule has 1 heterocycles. The summed E-state index contributed by atoms with van der Waals surface area (Å²) in [5.41, 5.74) is 5.98. The van der Waals surface area contributed by atoms with E-state index >= 15 is 0 Å². The maximum Gasteiger partial charge on any atom is 0.224 e. The van der Waals surface area contributed by atoms with Crippen LogP contribution >= 0.6 is 0 Å². The third kappa shape index (κ3) is 3.19. The Bertz CT molecular complexity index is 296. The SMILES string of the molecule is NC1CCCCC1C(=O)NC1CCC(=O)NC1. The molecule has 0 aromatic carbocycles. The number of hydrogen-bond acceptors (Lipinski definition) is 3. The standard InChI is InChI=1S/C12H21N3O2/c13-10-4-2-1-3-9(10)12(17)15-8-5-6-11(16)14-7-8/h8-10H,1-7,13H2,(H,14,16)(H,15,17). The lowest BCUT2D eigenvalue weighted by Crippen LogP contribution is -2.52. The van der Waals surface area contributed by atoms with Crippen molar-refractivity contribution < 1.29 is 9.59 Å². The minimum Gasteiger partial charge on any atom is -0.354 e. The van der Waals surface area contributed by atoms with Crippen LogP contribution in [0.2, 0.25) is 0 Å². The van der Waals surface area contributed by atoms with Crippen LogP contribution in [0.25, 0.3) is 0 Å². The smallest absolute Gasteiger partial charge is 0.224 e. The van der Waals surface area contributed by atoms with Gasteiger partial charge in [-0.15, -0.1) is 0 Å². The summed E-state index contributed by atoms with van der Waals surface area (Å²) in [5, 5.41) is 5.77. The first kappa shape index (κ1) is 12.4. The quantitative estimate of drug-likeness (QED) is 0.629. The van der Waals surface area contributed by atoms with Crippen molar-refractivity contribution in [3.63, 3.8) is 0 Å². The lowest BCUT2D eigenvalue weighted by Gasteiger charge is -2.30. The Hall–Kier alpha value is -1.10. The Morgan fingerprint density at radius 3 is 2.71 bits per heavy atom. The third-order valence-electron chi connectivity index (χ3n) is 3.77. The first-order chi connectivity index (χ1) is 8.16. The molecule has 0 radical (unpaired) electrons. The van der Waals surface area contributed by atoms with Crippen molar-refractivity contribution in [1.82, 2.24) is 10.6 Å². The molecule has 1 aliphatic heterocycles. The zero-order valence-electron chi connectivity index (χ0n) is 10.1. The number of carbonyl (C=O) groups excluding carboxylic acids is 2. The van der Waals surface area contributed by atoms with E-state index < -0.39 is 0 Å². The lowest BCUT2D eigenvalue weighted by molar-refractivity contribution is -0.129. The normalized spacial score (nSPS) is 33.9. The van der Waals surface area contributed by atoms with E-state index in [0.717, 1.165) is 32.1 Å². The molecule has 1 saturated carbocycles. The molecule has 96 valence electrons. The van der Waals surface area contributed by atoms with E-state index in [0.29, 0.717) is 13.0 Å². The highest BCUT2D eigenvalue weighted by Gasteiger charge is 2.30. The van der Waals surface area contributed by atoms with Crippen molar-refractivity contribution in [3.05, 3.63) is 0 Å². The monoisotopic (exact) mass is 239 g/mol. The molecule has 1 aliphatic carbocycles. The molecule has 3 atom stereocenters. The summed E-state index contributed by atoms with van der Waals surface area (Å²) >= 11 is 0. The second kappa shape index (κ2) is 5.49. The molecule has 0 aromatic rings. The highest BCUT2D eigenvalue weighted by Crippen LogP contribution is 2.23. The van der Waals surface area contributed by atoms with E-state index in [1.165, 1.54) is 0 Å². The fraction of sp³-hybridized carbons (Fsp3) is 0.833. The van der Waals surface area contributed by atoms with Gasteiger partial charge in [0.1, 0.15) is 0 Å². The minimum atomic E-state index is -0.0404. The van der Waals surface area contributed by atoms with Crippen LogP contribution in [0, 0.1) is 5.92 Å². The maximum atomic E-state index is 12.1. The molecule has 1 saturated heterocycles. The molecule has 2 amide bonds. The lowest BCUT2D eigenvalue weighted by atomic mass is 9.84. The second-order valence-corrected chi connectivity index (χ2v) is 5.10. The van der Waals surface area contributed by atoms with Crippen LogP contribution in [0.5, 0.6) is 0 Å². The van der Waals surface area contributed by atoms with Crippen LogP contribution in [0.4, 0.5) is 0 Å². The Morgan fingerprint density at radius 1 is 1.29 bits per heavy atom. The van der Waals surface area contributed by atoms with Gasteiger partial charge in [-0.2, -0.15) is 0 Å². The van der Waals surface area contributed by atoms with Crippen molar-refractivity contribution in [1.29, 1.82) is 0 Å². The van der Waals surface area contributed by atoms with E-state index in [1.807, 2.05) is 0 Å². The highest BCUT2D eigenvalue weighted by atomic mass is 16.2. The van der Waals surface area contributed by atoms with Crippen LogP contribution in [0.15, 0.2) is 0 Å². The van der Waals surface area contributed by atoms with Crippen LogP contribution in [0.3, 0.4) is 0 Å². The Labute approximate surface area is 102 Å². The number of nitrogens with two attached hydrogens (primary N) is 1. The van der Waals surface area contributed by atoms with Gasteiger partial charge in [-0.25, -0.2) is 0 Å². The van der Waals surface area contributed by atoms with Gasteiger partial charge in [-0.3, -0.25) is 9.59 Å². The van der Waals surface area contributed by atoms with Crippen LogP contribution in [-0.2, 0) is 9.59 Å². The molecule has 4 N–H and O–H groups in total. The van der Waals surface area contributed by atoms with E-state index in [-0.39, 0.29) is 29.8 Å². The molecule has 3 unspecified atom stereocenters. The number of amides is 2. The molecular weight excluding hydrogens is 218 g/mol. The number of rotatable bonds is 2. The average Bonchev–Trinajstić information content (AvgIpc) is 2.32. The second-order valence-electron chi connectivity index (χ2n) is 5.10.